The Kier molecular flexibility index (Phi) is 6.80. The number of carbonyl (C=O) groups excluding carboxylic acids is 2. The monoisotopic (exact) mass is 271 g/mol. The largest absolute Gasteiger partial charge is 0.383 e. The lowest BCUT2D eigenvalue weighted by Gasteiger charge is -2.24. The molecule has 0 radical (unpaired) electrons. The van der Waals surface area contributed by atoms with Gasteiger partial charge in [-0.2, -0.15) is 0 Å². The number of likely N-dealkylation sites (N-methyl/N-ethyl adjacent to an activating group) is 1. The Morgan fingerprint density at radius 2 is 2.05 bits per heavy atom. The third-order valence-electron chi connectivity index (χ3n) is 3.33. The third-order valence-corrected chi connectivity index (χ3v) is 3.33. The average molecular weight is 271 g/mol. The van der Waals surface area contributed by atoms with E-state index in [1.54, 1.807) is 26.1 Å². The van der Waals surface area contributed by atoms with E-state index in [2.05, 4.69) is 5.32 Å². The number of nitrogens with one attached hydrogen (secondary N) is 1. The lowest BCUT2D eigenvalue weighted by Crippen LogP contribution is -2.43. The Hall–Kier alpha value is -1.14. The van der Waals surface area contributed by atoms with Crippen LogP contribution in [0.3, 0.4) is 0 Å². The van der Waals surface area contributed by atoms with Crippen molar-refractivity contribution in [1.82, 2.24) is 15.1 Å². The number of carbonyl (C=O) groups is 2. The van der Waals surface area contributed by atoms with Gasteiger partial charge in [-0.15, -0.1) is 0 Å². The predicted octanol–water partition coefficient (Wildman–Crippen LogP) is -0.308. The number of amides is 2. The molecule has 0 bridgehead atoms. The zero-order valence-corrected chi connectivity index (χ0v) is 12.1. The zero-order chi connectivity index (χ0) is 14.3. The fourth-order valence-corrected chi connectivity index (χ4v) is 2.07. The van der Waals surface area contributed by atoms with Crippen molar-refractivity contribution in [2.75, 3.05) is 47.4 Å². The van der Waals surface area contributed by atoms with Crippen LogP contribution in [0.25, 0.3) is 0 Å². The van der Waals surface area contributed by atoms with Gasteiger partial charge in [0.2, 0.25) is 11.8 Å². The molecule has 1 N–H and O–H groups in total. The van der Waals surface area contributed by atoms with Crippen LogP contribution >= 0.6 is 0 Å². The second-order valence-electron chi connectivity index (χ2n) is 5.09. The van der Waals surface area contributed by atoms with Gasteiger partial charge in [0.05, 0.1) is 13.2 Å². The highest BCUT2D eigenvalue weighted by Crippen LogP contribution is 2.10. The molecule has 6 nitrogen and oxygen atoms in total. The van der Waals surface area contributed by atoms with Crippen molar-refractivity contribution in [3.8, 4) is 0 Å². The maximum atomic E-state index is 12.2. The number of hydrogen-bond donors (Lipinski definition) is 1. The van der Waals surface area contributed by atoms with Crippen molar-refractivity contribution in [3.05, 3.63) is 0 Å². The molecule has 1 aliphatic rings. The molecule has 0 aromatic carbocycles. The molecule has 1 rings (SSSR count). The Morgan fingerprint density at radius 1 is 1.32 bits per heavy atom. The van der Waals surface area contributed by atoms with E-state index in [0.29, 0.717) is 19.6 Å². The first kappa shape index (κ1) is 15.9. The Balaban J connectivity index is 2.50. The third kappa shape index (κ3) is 5.57. The molecule has 6 heteroatoms. The number of nitrogens with zero attached hydrogens (tertiary/aromatic N) is 2. The quantitative estimate of drug-likeness (QED) is 0.690. The van der Waals surface area contributed by atoms with Crippen LogP contribution in [-0.4, -0.2) is 75.1 Å². The molecule has 0 aromatic heterocycles. The highest BCUT2D eigenvalue weighted by atomic mass is 16.5. The summed E-state index contributed by atoms with van der Waals surface area (Å²) in [7, 11) is 4.98. The van der Waals surface area contributed by atoms with Crippen LogP contribution in [0.4, 0.5) is 0 Å². The highest BCUT2D eigenvalue weighted by Gasteiger charge is 2.23. The molecular formula is C13H25N3O3. The van der Waals surface area contributed by atoms with Crippen molar-refractivity contribution in [3.63, 3.8) is 0 Å². The van der Waals surface area contributed by atoms with Crippen molar-refractivity contribution < 1.29 is 14.3 Å². The van der Waals surface area contributed by atoms with Crippen LogP contribution in [0, 0.1) is 0 Å². The van der Waals surface area contributed by atoms with Gasteiger partial charge in [-0.05, 0) is 19.4 Å². The first-order valence-corrected chi connectivity index (χ1v) is 6.75. The standard InChI is InChI=1S/C13H25N3O3/c1-15(2)13(18)10-16(7-8-19-3)12(17)9-11-5-4-6-14-11/h11,14H,4-10H2,1-3H3. The van der Waals surface area contributed by atoms with Crippen molar-refractivity contribution in [2.45, 2.75) is 25.3 Å². The minimum absolute atomic E-state index is 0.0200. The van der Waals surface area contributed by atoms with Crippen LogP contribution in [0.1, 0.15) is 19.3 Å². The summed E-state index contributed by atoms with van der Waals surface area (Å²) in [6.07, 6.45) is 2.61. The molecule has 0 aromatic rings. The first-order chi connectivity index (χ1) is 9.04. The highest BCUT2D eigenvalue weighted by molar-refractivity contribution is 5.84. The van der Waals surface area contributed by atoms with Crippen LogP contribution in [0.15, 0.2) is 0 Å². The molecule has 1 aliphatic heterocycles. The van der Waals surface area contributed by atoms with E-state index in [9.17, 15) is 9.59 Å². The molecule has 19 heavy (non-hydrogen) atoms. The van der Waals surface area contributed by atoms with Crippen LogP contribution < -0.4 is 5.32 Å². The summed E-state index contributed by atoms with van der Waals surface area (Å²) in [6.45, 7) is 2.01. The fraction of sp³-hybridized carbons (Fsp3) is 0.846. The first-order valence-electron chi connectivity index (χ1n) is 6.75. The van der Waals surface area contributed by atoms with Crippen molar-refractivity contribution in [2.24, 2.45) is 0 Å². The topological polar surface area (TPSA) is 61.9 Å². The van der Waals surface area contributed by atoms with Gasteiger partial charge < -0.3 is 19.9 Å². The number of methoxy groups -OCH3 is 1. The molecule has 0 aliphatic carbocycles. The number of hydrogen-bond acceptors (Lipinski definition) is 4. The molecule has 2 amide bonds. The molecule has 1 unspecified atom stereocenters. The van der Waals surface area contributed by atoms with Gasteiger partial charge in [0.25, 0.3) is 0 Å². The van der Waals surface area contributed by atoms with Crippen LogP contribution in [-0.2, 0) is 14.3 Å². The normalized spacial score (nSPS) is 18.4. The van der Waals surface area contributed by atoms with E-state index in [1.807, 2.05) is 0 Å². The Labute approximate surface area is 115 Å². The van der Waals surface area contributed by atoms with Gasteiger partial charge in [-0.1, -0.05) is 0 Å². The van der Waals surface area contributed by atoms with Crippen LogP contribution in [0.2, 0.25) is 0 Å². The van der Waals surface area contributed by atoms with E-state index < -0.39 is 0 Å². The van der Waals surface area contributed by atoms with Gasteiger partial charge in [0.1, 0.15) is 0 Å². The average Bonchev–Trinajstić information content (AvgIpc) is 2.86. The number of ether oxygens (including phenoxy) is 1. The van der Waals surface area contributed by atoms with Gasteiger partial charge in [0.15, 0.2) is 0 Å². The summed E-state index contributed by atoms with van der Waals surface area (Å²) in [5.74, 6) is -0.0458. The van der Waals surface area contributed by atoms with E-state index in [1.165, 1.54) is 4.90 Å². The van der Waals surface area contributed by atoms with Gasteiger partial charge in [0, 0.05) is 40.2 Å². The van der Waals surface area contributed by atoms with Crippen molar-refractivity contribution >= 4 is 11.8 Å². The summed E-state index contributed by atoms with van der Waals surface area (Å²) in [6, 6.07) is 0.256. The lowest BCUT2D eigenvalue weighted by atomic mass is 10.1. The van der Waals surface area contributed by atoms with Crippen LogP contribution in [0.5, 0.6) is 0 Å². The minimum atomic E-state index is -0.0659. The van der Waals surface area contributed by atoms with E-state index in [4.69, 9.17) is 4.74 Å². The number of rotatable bonds is 7. The second kappa shape index (κ2) is 8.12. The lowest BCUT2D eigenvalue weighted by molar-refractivity contribution is -0.140. The summed E-state index contributed by atoms with van der Waals surface area (Å²) in [5.41, 5.74) is 0. The molecule has 0 spiro atoms. The smallest absolute Gasteiger partial charge is 0.241 e. The van der Waals surface area contributed by atoms with Gasteiger partial charge >= 0.3 is 0 Å². The predicted molar refractivity (Wildman–Crippen MR) is 72.8 cm³/mol. The summed E-state index contributed by atoms with van der Waals surface area (Å²) in [5, 5.41) is 3.30. The molecule has 1 saturated heterocycles. The SMILES string of the molecule is COCCN(CC(=O)N(C)C)C(=O)CC1CCCN1. The van der Waals surface area contributed by atoms with E-state index in [0.717, 1.165) is 19.4 Å². The molecule has 1 heterocycles. The summed E-state index contributed by atoms with van der Waals surface area (Å²) >= 11 is 0. The van der Waals surface area contributed by atoms with E-state index >= 15 is 0 Å². The van der Waals surface area contributed by atoms with Gasteiger partial charge in [-0.25, -0.2) is 0 Å². The molecular weight excluding hydrogens is 246 g/mol. The van der Waals surface area contributed by atoms with Gasteiger partial charge in [-0.3, -0.25) is 9.59 Å². The molecule has 1 fully saturated rings. The summed E-state index contributed by atoms with van der Waals surface area (Å²) < 4.78 is 5.00. The zero-order valence-electron chi connectivity index (χ0n) is 12.1. The molecule has 110 valence electrons. The molecule has 1 atom stereocenters. The van der Waals surface area contributed by atoms with E-state index in [-0.39, 0.29) is 24.4 Å². The van der Waals surface area contributed by atoms with Crippen molar-refractivity contribution in [1.29, 1.82) is 0 Å². The maximum Gasteiger partial charge on any atom is 0.241 e. The molecule has 0 saturated carbocycles. The second-order valence-corrected chi connectivity index (χ2v) is 5.09. The maximum absolute atomic E-state index is 12.2. The Morgan fingerprint density at radius 3 is 2.58 bits per heavy atom. The minimum Gasteiger partial charge on any atom is -0.383 e. The Bertz CT molecular complexity index is 302. The summed E-state index contributed by atoms with van der Waals surface area (Å²) in [4.78, 5) is 27.0. The fourth-order valence-electron chi connectivity index (χ4n) is 2.07.